The van der Waals surface area contributed by atoms with Gasteiger partial charge in [0.15, 0.2) is 11.5 Å². The van der Waals surface area contributed by atoms with Crippen molar-refractivity contribution >= 4 is 172 Å². The van der Waals surface area contributed by atoms with Gasteiger partial charge in [0.2, 0.25) is 0 Å². The molecule has 10 aromatic rings. The van der Waals surface area contributed by atoms with E-state index in [0.717, 1.165) is 66.7 Å². The van der Waals surface area contributed by atoms with Gasteiger partial charge in [-0.2, -0.15) is 50.5 Å². The van der Waals surface area contributed by atoms with Crippen LogP contribution in [-0.4, -0.2) is 88.0 Å². The zero-order valence-corrected chi connectivity index (χ0v) is 48.9. The molecule has 0 aromatic heterocycles. The largest absolute Gasteiger partial charge is 0.505 e. The molecule has 0 fully saturated rings. The normalized spacial score (nSPS) is 13.1. The highest BCUT2D eigenvalue weighted by Gasteiger charge is 2.26. The molecule has 0 aliphatic heterocycles. The van der Waals surface area contributed by atoms with Crippen molar-refractivity contribution in [3.63, 3.8) is 0 Å². The molecule has 89 heavy (non-hydrogen) atoms. The van der Waals surface area contributed by atoms with Crippen LogP contribution in [0.25, 0.3) is 43.1 Å². The van der Waals surface area contributed by atoms with Crippen molar-refractivity contribution in [1.82, 2.24) is 0 Å². The van der Waals surface area contributed by atoms with Crippen molar-refractivity contribution in [2.45, 2.75) is 29.4 Å². The highest BCUT2D eigenvalue weighted by Crippen LogP contribution is 2.47. The van der Waals surface area contributed by atoms with Gasteiger partial charge in [-0.05, 0) is 144 Å². The van der Waals surface area contributed by atoms with E-state index < -0.39 is 113 Å². The lowest BCUT2D eigenvalue weighted by Crippen LogP contribution is -2.00. The van der Waals surface area contributed by atoms with Crippen LogP contribution in [0.2, 0.25) is 0 Å². The molecule has 0 amide bonds. The molecule has 456 valence electrons. The second kappa shape index (κ2) is 22.7. The first-order valence-electron chi connectivity index (χ1n) is 24.3. The predicted molar refractivity (Wildman–Crippen MR) is 320 cm³/mol. The van der Waals surface area contributed by atoms with Gasteiger partial charge in [0, 0.05) is 55.1 Å². The number of azo groups is 4. The van der Waals surface area contributed by atoms with Crippen molar-refractivity contribution in [3.05, 3.63) is 146 Å². The van der Waals surface area contributed by atoms with Crippen LogP contribution in [0.3, 0.4) is 0 Å². The summed E-state index contributed by atoms with van der Waals surface area (Å²) in [6.45, 7) is 0. The first-order valence-corrected chi connectivity index (χ1v) is 33.0. The maximum absolute atomic E-state index is 12.9. The summed E-state index contributed by atoms with van der Waals surface area (Å²) in [6, 6.07) is 27.7. The molecule has 0 radical (unpaired) electrons. The van der Waals surface area contributed by atoms with Crippen LogP contribution in [0, 0.1) is 0 Å². The highest BCUT2D eigenvalue weighted by molar-refractivity contribution is 7.87. The van der Waals surface area contributed by atoms with E-state index in [0.29, 0.717) is 0 Å². The maximum atomic E-state index is 12.9. The molecule has 0 aliphatic rings. The van der Waals surface area contributed by atoms with Crippen molar-refractivity contribution in [1.29, 1.82) is 0 Å². The smallest absolute Gasteiger partial charge is 0.296 e. The molecule has 0 atom stereocenters. The Morgan fingerprint density at radius 2 is 0.596 bits per heavy atom. The lowest BCUT2D eigenvalue weighted by atomic mass is 10.1. The third-order valence-corrected chi connectivity index (χ3v) is 18.2. The second-order valence-corrected chi connectivity index (χ2v) is 27.3. The summed E-state index contributed by atoms with van der Waals surface area (Å²) in [5.74, 6) is -1.65. The van der Waals surface area contributed by atoms with Crippen LogP contribution in [-0.2, 0) is 60.7 Å². The predicted octanol–water partition coefficient (Wildman–Crippen LogP) is 11.8. The Balaban J connectivity index is 0.977. The van der Waals surface area contributed by atoms with Crippen LogP contribution in [0.4, 0.5) is 68.2 Å². The van der Waals surface area contributed by atoms with Crippen molar-refractivity contribution in [3.8, 4) is 11.5 Å². The molecule has 10 aromatic carbocycles. The number of hydrogen-bond acceptors (Lipinski definition) is 25. The first kappa shape index (κ1) is 62.2. The van der Waals surface area contributed by atoms with Crippen LogP contribution < -0.4 is 16.8 Å². The van der Waals surface area contributed by atoms with Crippen LogP contribution in [0.15, 0.2) is 216 Å². The number of phenolic OH excluding ortho intramolecular Hbond substituents is 2. The number of nitrogens with two attached hydrogens (primary N) is 2. The fourth-order valence-corrected chi connectivity index (χ4v) is 12.6. The van der Waals surface area contributed by atoms with E-state index in [2.05, 4.69) is 46.2 Å². The Hall–Kier alpha value is -9.90. The van der Waals surface area contributed by atoms with E-state index in [9.17, 15) is 88.0 Å². The van der Waals surface area contributed by atoms with E-state index in [1.54, 1.807) is 0 Å². The number of fused-ring (bicyclic) bond motifs is 4. The van der Waals surface area contributed by atoms with E-state index in [-0.39, 0.29) is 100.0 Å². The minimum absolute atomic E-state index is 0.0224. The van der Waals surface area contributed by atoms with Gasteiger partial charge in [0.25, 0.3) is 60.7 Å². The van der Waals surface area contributed by atoms with Crippen LogP contribution in [0.5, 0.6) is 11.5 Å². The minimum Gasteiger partial charge on any atom is -0.505 e. The quantitative estimate of drug-likeness (QED) is 0.0243. The van der Waals surface area contributed by atoms with Crippen molar-refractivity contribution in [2.75, 3.05) is 16.8 Å². The molecule has 0 saturated carbocycles. The Bertz CT molecular complexity index is 5600. The van der Waals surface area contributed by atoms with E-state index in [4.69, 9.17) is 11.5 Å². The minimum atomic E-state index is -5.26. The number of rotatable bonds is 16. The molecule has 0 aliphatic carbocycles. The van der Waals surface area contributed by atoms with Crippen LogP contribution >= 0.6 is 0 Å². The molecule has 0 bridgehead atoms. The summed E-state index contributed by atoms with van der Waals surface area (Å²) < 4.78 is 209. The highest BCUT2D eigenvalue weighted by atomic mass is 32.2. The lowest BCUT2D eigenvalue weighted by Gasteiger charge is -2.13. The van der Waals surface area contributed by atoms with Crippen molar-refractivity contribution < 1.29 is 88.0 Å². The first-order chi connectivity index (χ1) is 41.5. The van der Waals surface area contributed by atoms with Crippen LogP contribution in [0.1, 0.15) is 0 Å². The summed E-state index contributed by atoms with van der Waals surface area (Å²) in [7, 11) is -30.0. The fourth-order valence-electron chi connectivity index (χ4n) is 8.94. The summed E-state index contributed by atoms with van der Waals surface area (Å²) in [4.78, 5) is -4.63. The SMILES string of the molecule is Nc1ccc(N=Nc2ccc(N=Nc3c(S(=O)(=O)O)cc4cc(Nc5ccc6c(O)c(N=Nc7ccc(N=Nc8ccc(N)cc8S(=O)(=O)O)c8ccc(S(=O)(=O)O)cc78)c(S(=O)(=O)O)cc6c5)ccc4c3O)c3ccc(S(=O)(=O)O)cc23)c(S(=O)(=O)O)c1. The van der Waals surface area contributed by atoms with E-state index >= 15 is 0 Å². The summed E-state index contributed by atoms with van der Waals surface area (Å²) in [5, 5.41) is 57.7. The van der Waals surface area contributed by atoms with Gasteiger partial charge in [-0.1, -0.05) is 12.1 Å². The van der Waals surface area contributed by atoms with Gasteiger partial charge in [0.1, 0.15) is 42.3 Å². The Kier molecular flexibility index (Phi) is 15.8. The number of aromatic hydroxyl groups is 2. The van der Waals surface area contributed by atoms with Gasteiger partial charge >= 0.3 is 0 Å². The average molecular weight is 1330 g/mol. The summed E-state index contributed by atoms with van der Waals surface area (Å²) >= 11 is 0. The monoisotopic (exact) mass is 1330 g/mol. The number of anilines is 4. The van der Waals surface area contributed by atoms with Gasteiger partial charge in [-0.15, -0.1) is 40.9 Å². The van der Waals surface area contributed by atoms with Gasteiger partial charge in [0.05, 0.1) is 32.5 Å². The summed E-state index contributed by atoms with van der Waals surface area (Å²) in [6.07, 6.45) is 0. The molecule has 0 saturated heterocycles. The topological polar surface area (TPSA) is 530 Å². The number of benzene rings is 10. The Morgan fingerprint density at radius 3 is 0.933 bits per heavy atom. The lowest BCUT2D eigenvalue weighted by molar-refractivity contribution is 0.472. The maximum Gasteiger partial charge on any atom is 0.296 e. The summed E-state index contributed by atoms with van der Waals surface area (Å²) in [5.41, 5.74) is 8.74. The molecule has 10 rings (SSSR count). The van der Waals surface area contributed by atoms with Gasteiger partial charge in [-0.25, -0.2) is 0 Å². The molecule has 0 unspecified atom stereocenters. The zero-order chi connectivity index (χ0) is 64.5. The standard InChI is InChI=1S/C52H37N11O20S6/c53-27-1-11-43(45(21-27)86(72,73)74)60-56-39-13-16-42(38-24-32(85(69,70)71)5-9-35(38)39)59-63-50-48(89(81,82)83)20-26-18-30(4-8-34(26)52(50)65)55-29-3-7-33-25(17-29)19-47(88(78,79)80)49(51(33)64)62-58-40-14-15-41(37-23-31(84(66,67)68)6-10-36(37)40)57-61-44-12-2-28(54)22-46(44)87(75,76)77/h1-24,55,64-65H,53-54H2,(H,66,67,68)(H,69,70,71)(H,72,73,74)(H,75,76,77)(H,78,79,80)(H,81,82,83). The number of hydrogen-bond donors (Lipinski definition) is 11. The van der Waals surface area contributed by atoms with Gasteiger partial charge < -0.3 is 27.0 Å². The zero-order valence-electron chi connectivity index (χ0n) is 44.0. The Morgan fingerprint density at radius 1 is 0.292 bits per heavy atom. The molecule has 31 nitrogen and oxygen atoms in total. The number of nitrogens with zero attached hydrogens (tertiary/aromatic N) is 8. The number of phenols is 2. The Labute approximate surface area is 501 Å². The number of nitrogen functional groups attached to an aromatic ring is 2. The van der Waals surface area contributed by atoms with Crippen molar-refractivity contribution in [2.24, 2.45) is 40.9 Å². The average Bonchev–Trinajstić information content (AvgIpc) is 0.886. The number of nitrogens with one attached hydrogen (secondary N) is 1. The van der Waals surface area contributed by atoms with Gasteiger partial charge in [-0.3, -0.25) is 27.3 Å². The fraction of sp³-hybridized carbons (Fsp3) is 0. The molecule has 0 spiro atoms. The molecule has 13 N–H and O–H groups in total. The molecular weight excluding hydrogens is 1290 g/mol. The molecule has 37 heteroatoms. The third kappa shape index (κ3) is 13.1. The molecule has 0 heterocycles. The second-order valence-electron chi connectivity index (χ2n) is 18.9. The van der Waals surface area contributed by atoms with E-state index in [1.807, 2.05) is 0 Å². The van der Waals surface area contributed by atoms with E-state index in [1.165, 1.54) is 78.9 Å². The molecular formula is C52H37N11O20S6. The third-order valence-electron chi connectivity index (χ3n) is 13.0.